The lowest BCUT2D eigenvalue weighted by molar-refractivity contribution is 0.130. The van der Waals surface area contributed by atoms with E-state index in [1.54, 1.807) is 19.1 Å². The van der Waals surface area contributed by atoms with E-state index in [1.807, 2.05) is 0 Å². The maximum absolute atomic E-state index is 13.3. The number of halogens is 1. The van der Waals surface area contributed by atoms with E-state index in [0.29, 0.717) is 5.76 Å². The van der Waals surface area contributed by atoms with Crippen molar-refractivity contribution in [3.05, 3.63) is 48.2 Å². The van der Waals surface area contributed by atoms with E-state index in [0.717, 1.165) is 6.07 Å². The third kappa shape index (κ3) is 5.55. The Bertz CT molecular complexity index is 740. The van der Waals surface area contributed by atoms with E-state index in [9.17, 15) is 14.3 Å². The Labute approximate surface area is 145 Å². The standard InChI is InChI=1S/C18H19FN2O4/c1-3-8-24-17-11-13(19)6-7-14(17)21-18(23)20-12(2)10-15(22)16-5-4-9-25-16/h1,4-7,9,11-12,15,22H,8,10H2,2H3,(H2,20,21,23). The maximum atomic E-state index is 13.3. The number of amides is 2. The van der Waals surface area contributed by atoms with Crippen molar-refractivity contribution < 1.29 is 23.4 Å². The van der Waals surface area contributed by atoms with Crippen molar-refractivity contribution >= 4 is 11.7 Å². The van der Waals surface area contributed by atoms with E-state index in [-0.39, 0.29) is 30.5 Å². The van der Waals surface area contributed by atoms with Gasteiger partial charge in [-0.25, -0.2) is 9.18 Å². The van der Waals surface area contributed by atoms with Crippen LogP contribution in [-0.4, -0.2) is 23.8 Å². The molecule has 3 N–H and O–H groups in total. The van der Waals surface area contributed by atoms with Crippen LogP contribution in [0.1, 0.15) is 25.2 Å². The molecule has 1 aromatic heterocycles. The van der Waals surface area contributed by atoms with Crippen LogP contribution in [0, 0.1) is 18.2 Å². The number of aliphatic hydroxyl groups excluding tert-OH is 1. The number of furan rings is 1. The molecule has 2 rings (SSSR count). The number of carbonyl (C=O) groups excluding carboxylic acids is 1. The van der Waals surface area contributed by atoms with E-state index in [1.165, 1.54) is 18.4 Å². The summed E-state index contributed by atoms with van der Waals surface area (Å²) < 4.78 is 23.6. The first-order valence-electron chi connectivity index (χ1n) is 7.64. The van der Waals surface area contributed by atoms with Crippen LogP contribution in [0.2, 0.25) is 0 Å². The van der Waals surface area contributed by atoms with Crippen molar-refractivity contribution in [2.24, 2.45) is 0 Å². The van der Waals surface area contributed by atoms with Gasteiger partial charge in [0, 0.05) is 18.5 Å². The van der Waals surface area contributed by atoms with Gasteiger partial charge < -0.3 is 24.9 Å². The topological polar surface area (TPSA) is 83.7 Å². The Kier molecular flexibility index (Phi) is 6.43. The summed E-state index contributed by atoms with van der Waals surface area (Å²) in [6.45, 7) is 1.69. The molecule has 0 spiro atoms. The highest BCUT2D eigenvalue weighted by Crippen LogP contribution is 2.25. The molecule has 0 aliphatic heterocycles. The minimum absolute atomic E-state index is 0.0501. The molecule has 1 heterocycles. The number of terminal acetylenes is 1. The van der Waals surface area contributed by atoms with Crippen LogP contribution in [0.5, 0.6) is 5.75 Å². The van der Waals surface area contributed by atoms with Crippen molar-refractivity contribution in [1.29, 1.82) is 0 Å². The second kappa shape index (κ2) is 8.76. The molecule has 0 fully saturated rings. The number of carbonyl (C=O) groups is 1. The summed E-state index contributed by atoms with van der Waals surface area (Å²) >= 11 is 0. The zero-order chi connectivity index (χ0) is 18.2. The number of urea groups is 1. The lowest BCUT2D eigenvalue weighted by atomic mass is 10.1. The lowest BCUT2D eigenvalue weighted by Gasteiger charge is -2.18. The summed E-state index contributed by atoms with van der Waals surface area (Å²) in [5.41, 5.74) is 0.285. The molecular formula is C18H19FN2O4. The highest BCUT2D eigenvalue weighted by atomic mass is 19.1. The van der Waals surface area contributed by atoms with Gasteiger partial charge in [0.25, 0.3) is 0 Å². The first-order chi connectivity index (χ1) is 12.0. The summed E-state index contributed by atoms with van der Waals surface area (Å²) in [4.78, 5) is 12.1. The number of rotatable bonds is 7. The summed E-state index contributed by atoms with van der Waals surface area (Å²) in [6, 6.07) is 6.19. The van der Waals surface area contributed by atoms with Crippen molar-refractivity contribution in [2.45, 2.75) is 25.5 Å². The first-order valence-corrected chi connectivity index (χ1v) is 7.64. The molecule has 2 aromatic rings. The number of hydrogen-bond acceptors (Lipinski definition) is 4. The van der Waals surface area contributed by atoms with Crippen molar-refractivity contribution in [3.63, 3.8) is 0 Å². The fraction of sp³-hybridized carbons (Fsp3) is 0.278. The Morgan fingerprint density at radius 1 is 1.48 bits per heavy atom. The monoisotopic (exact) mass is 346 g/mol. The lowest BCUT2D eigenvalue weighted by Crippen LogP contribution is -2.37. The van der Waals surface area contributed by atoms with Gasteiger partial charge in [0.2, 0.25) is 0 Å². The number of aliphatic hydroxyl groups is 1. The third-order valence-corrected chi connectivity index (χ3v) is 3.33. The van der Waals surface area contributed by atoms with E-state index in [2.05, 4.69) is 16.6 Å². The molecule has 7 heteroatoms. The fourth-order valence-electron chi connectivity index (χ4n) is 2.21. The predicted octanol–water partition coefficient (Wildman–Crippen LogP) is 3.06. The molecule has 1 aromatic carbocycles. The number of hydrogen-bond donors (Lipinski definition) is 3. The normalized spacial score (nSPS) is 12.7. The summed E-state index contributed by atoms with van der Waals surface area (Å²) in [6.07, 6.45) is 6.03. The first kappa shape index (κ1) is 18.4. The van der Waals surface area contributed by atoms with Crippen LogP contribution in [-0.2, 0) is 0 Å². The minimum Gasteiger partial charge on any atom is -0.479 e. The molecule has 2 amide bonds. The average molecular weight is 346 g/mol. The number of ether oxygens (including phenoxy) is 1. The number of anilines is 1. The Morgan fingerprint density at radius 3 is 2.96 bits per heavy atom. The molecule has 25 heavy (non-hydrogen) atoms. The van der Waals surface area contributed by atoms with Crippen LogP contribution in [0.4, 0.5) is 14.9 Å². The zero-order valence-corrected chi connectivity index (χ0v) is 13.7. The van der Waals surface area contributed by atoms with Gasteiger partial charge >= 0.3 is 6.03 Å². The van der Waals surface area contributed by atoms with Crippen LogP contribution < -0.4 is 15.4 Å². The SMILES string of the molecule is C#CCOc1cc(F)ccc1NC(=O)NC(C)CC(O)c1ccco1. The largest absolute Gasteiger partial charge is 0.479 e. The molecule has 6 nitrogen and oxygen atoms in total. The van der Waals surface area contributed by atoms with Gasteiger partial charge in [-0.3, -0.25) is 0 Å². The molecule has 0 aliphatic rings. The maximum Gasteiger partial charge on any atom is 0.319 e. The van der Waals surface area contributed by atoms with Crippen LogP contribution in [0.25, 0.3) is 0 Å². The number of nitrogens with one attached hydrogen (secondary N) is 2. The number of benzene rings is 1. The van der Waals surface area contributed by atoms with Gasteiger partial charge in [-0.15, -0.1) is 6.42 Å². The van der Waals surface area contributed by atoms with Gasteiger partial charge in [-0.1, -0.05) is 5.92 Å². The van der Waals surface area contributed by atoms with Crippen LogP contribution in [0.3, 0.4) is 0 Å². The smallest absolute Gasteiger partial charge is 0.319 e. The van der Waals surface area contributed by atoms with Gasteiger partial charge in [0.05, 0.1) is 12.0 Å². The minimum atomic E-state index is -0.828. The van der Waals surface area contributed by atoms with Gasteiger partial charge in [0.1, 0.15) is 30.0 Å². The average Bonchev–Trinajstić information content (AvgIpc) is 3.09. The molecule has 0 aliphatic carbocycles. The molecule has 2 unspecified atom stereocenters. The van der Waals surface area contributed by atoms with Crippen LogP contribution in [0.15, 0.2) is 41.0 Å². The Hall–Kier alpha value is -2.98. The van der Waals surface area contributed by atoms with E-state index < -0.39 is 18.0 Å². The molecule has 132 valence electrons. The Balaban J connectivity index is 1.92. The molecule has 0 saturated carbocycles. The molecular weight excluding hydrogens is 327 g/mol. The van der Waals surface area contributed by atoms with E-state index in [4.69, 9.17) is 15.6 Å². The van der Waals surface area contributed by atoms with Gasteiger partial charge in [0.15, 0.2) is 0 Å². The van der Waals surface area contributed by atoms with Gasteiger partial charge in [-0.05, 0) is 31.2 Å². The second-order valence-corrected chi connectivity index (χ2v) is 5.40. The summed E-state index contributed by atoms with van der Waals surface area (Å²) in [5, 5.41) is 15.3. The highest BCUT2D eigenvalue weighted by molar-refractivity contribution is 5.91. The Morgan fingerprint density at radius 2 is 2.28 bits per heavy atom. The van der Waals surface area contributed by atoms with Crippen molar-refractivity contribution in [1.82, 2.24) is 5.32 Å². The van der Waals surface area contributed by atoms with Crippen LogP contribution >= 0.6 is 0 Å². The van der Waals surface area contributed by atoms with Gasteiger partial charge in [-0.2, -0.15) is 0 Å². The molecule has 2 atom stereocenters. The van der Waals surface area contributed by atoms with Crippen molar-refractivity contribution in [3.8, 4) is 18.1 Å². The molecule has 0 saturated heterocycles. The highest BCUT2D eigenvalue weighted by Gasteiger charge is 2.17. The zero-order valence-electron chi connectivity index (χ0n) is 13.7. The third-order valence-electron chi connectivity index (χ3n) is 3.33. The second-order valence-electron chi connectivity index (χ2n) is 5.40. The summed E-state index contributed by atoms with van der Waals surface area (Å²) in [7, 11) is 0. The van der Waals surface area contributed by atoms with Crippen molar-refractivity contribution in [2.75, 3.05) is 11.9 Å². The molecule has 0 bridgehead atoms. The molecule has 0 radical (unpaired) electrons. The van der Waals surface area contributed by atoms with E-state index >= 15 is 0 Å². The fourth-order valence-corrected chi connectivity index (χ4v) is 2.21. The predicted molar refractivity (Wildman–Crippen MR) is 90.6 cm³/mol. The quantitative estimate of drug-likeness (QED) is 0.673. The summed E-state index contributed by atoms with van der Waals surface area (Å²) in [5.74, 6) is 2.33.